The van der Waals surface area contributed by atoms with Crippen LogP contribution in [-0.4, -0.2) is 75.9 Å². The van der Waals surface area contributed by atoms with Crippen LogP contribution in [0.3, 0.4) is 0 Å². The lowest BCUT2D eigenvalue weighted by Gasteiger charge is -2.29. The average Bonchev–Trinajstić information content (AvgIpc) is 2.76. The summed E-state index contributed by atoms with van der Waals surface area (Å²) in [5, 5.41) is 26.0. The number of carbonyl (C=O) groups is 6. The number of carboxylic acid groups (broad SMARTS) is 2. The number of hydrogen-bond acceptors (Lipinski definition) is 7. The van der Waals surface area contributed by atoms with Crippen LogP contribution in [0.4, 0.5) is 0 Å². The third kappa shape index (κ3) is 10.1. The van der Waals surface area contributed by atoms with Crippen molar-refractivity contribution < 1.29 is 39.0 Å². The molecule has 0 spiro atoms. The van der Waals surface area contributed by atoms with Gasteiger partial charge in [0.15, 0.2) is 0 Å². The number of carbonyl (C=O) groups excluding carboxylic acids is 4. The molecule has 35 heavy (non-hydrogen) atoms. The van der Waals surface area contributed by atoms with E-state index in [0.717, 1.165) is 0 Å². The van der Waals surface area contributed by atoms with Gasteiger partial charge in [0, 0.05) is 5.75 Å². The van der Waals surface area contributed by atoms with Crippen LogP contribution in [0.5, 0.6) is 0 Å². The molecule has 0 aromatic heterocycles. The molecule has 0 heterocycles. The number of amides is 4. The standard InChI is InChI=1S/C22H36N4O8S/c1-11(2)8-14(18(23)29)24-20(31)15(9-17(27)28)25-21(32)16(10-35-3)26-19(30)12-6-4-5-7-13(12)22(33)34/h11-16H,4-10H2,1-3H3,(H2,23,29)(H,24,31)(H,25,32)(H,26,30)(H,27,28)(H,33,34)/t12-,13-,14+,15+,16+/m1/s1. The smallest absolute Gasteiger partial charge is 0.307 e. The van der Waals surface area contributed by atoms with Crippen molar-refractivity contribution in [3.05, 3.63) is 0 Å². The first kappa shape index (κ1) is 30.2. The molecule has 12 nitrogen and oxygen atoms in total. The minimum absolute atomic E-state index is 0.0101. The van der Waals surface area contributed by atoms with Crippen LogP contribution in [0.15, 0.2) is 0 Å². The second-order valence-electron chi connectivity index (χ2n) is 9.10. The summed E-state index contributed by atoms with van der Waals surface area (Å²) < 4.78 is 0. The minimum atomic E-state index is -1.52. The summed E-state index contributed by atoms with van der Waals surface area (Å²) >= 11 is 1.23. The zero-order chi connectivity index (χ0) is 26.7. The van der Waals surface area contributed by atoms with Crippen molar-refractivity contribution >= 4 is 47.3 Å². The predicted octanol–water partition coefficient (Wildman–Crippen LogP) is -0.299. The number of nitrogens with two attached hydrogens (primary N) is 1. The molecule has 0 radical (unpaired) electrons. The van der Waals surface area contributed by atoms with Crippen molar-refractivity contribution in [2.75, 3.05) is 12.0 Å². The van der Waals surface area contributed by atoms with Crippen molar-refractivity contribution in [2.24, 2.45) is 23.5 Å². The van der Waals surface area contributed by atoms with Crippen molar-refractivity contribution in [3.63, 3.8) is 0 Å². The number of thioether (sulfide) groups is 1. The van der Waals surface area contributed by atoms with Gasteiger partial charge in [-0.25, -0.2) is 0 Å². The number of nitrogens with one attached hydrogen (secondary N) is 3. The molecule has 4 amide bonds. The lowest BCUT2D eigenvalue weighted by atomic mass is 9.78. The summed E-state index contributed by atoms with van der Waals surface area (Å²) in [6.07, 6.45) is 3.30. The second kappa shape index (κ2) is 14.5. The second-order valence-corrected chi connectivity index (χ2v) is 10.0. The first-order valence-electron chi connectivity index (χ1n) is 11.5. The largest absolute Gasteiger partial charge is 0.481 e. The van der Waals surface area contributed by atoms with Crippen LogP contribution in [0.2, 0.25) is 0 Å². The molecule has 1 aliphatic rings. The summed E-state index contributed by atoms with van der Waals surface area (Å²) in [7, 11) is 0. The van der Waals surface area contributed by atoms with Gasteiger partial charge in [-0.3, -0.25) is 28.8 Å². The fraction of sp³-hybridized carbons (Fsp3) is 0.727. The van der Waals surface area contributed by atoms with Crippen molar-refractivity contribution in [3.8, 4) is 0 Å². The minimum Gasteiger partial charge on any atom is -0.481 e. The lowest BCUT2D eigenvalue weighted by molar-refractivity contribution is -0.149. The number of rotatable bonds is 14. The van der Waals surface area contributed by atoms with Gasteiger partial charge in [0.25, 0.3) is 0 Å². The van der Waals surface area contributed by atoms with Gasteiger partial charge in [-0.2, -0.15) is 11.8 Å². The number of hydrogen-bond donors (Lipinski definition) is 6. The molecule has 1 aliphatic carbocycles. The van der Waals surface area contributed by atoms with E-state index in [1.807, 2.05) is 13.8 Å². The Bertz CT molecular complexity index is 806. The maximum atomic E-state index is 12.9. The van der Waals surface area contributed by atoms with Crippen molar-refractivity contribution in [1.82, 2.24) is 16.0 Å². The monoisotopic (exact) mass is 516 g/mol. The summed E-state index contributed by atoms with van der Waals surface area (Å²) in [6, 6.07) is -3.69. The molecule has 1 rings (SSSR count). The number of primary amides is 1. The summed E-state index contributed by atoms with van der Waals surface area (Å²) in [4.78, 5) is 73.1. The van der Waals surface area contributed by atoms with E-state index < -0.39 is 71.9 Å². The molecular formula is C22H36N4O8S. The number of carboxylic acids is 2. The van der Waals surface area contributed by atoms with Crippen LogP contribution in [-0.2, 0) is 28.8 Å². The summed E-state index contributed by atoms with van der Waals surface area (Å²) in [5.74, 6) is -6.99. The van der Waals surface area contributed by atoms with E-state index in [2.05, 4.69) is 16.0 Å². The molecule has 1 saturated carbocycles. The molecule has 1 fully saturated rings. The SMILES string of the molecule is CSC[C@H](NC(=O)[C@@H]1CCCC[C@H]1C(=O)O)C(=O)N[C@@H](CC(=O)O)C(=O)N[C@@H](CC(C)C)C(N)=O. The molecule has 0 aliphatic heterocycles. The topological polar surface area (TPSA) is 205 Å². The maximum absolute atomic E-state index is 12.9. The van der Waals surface area contributed by atoms with Crippen molar-refractivity contribution in [1.29, 1.82) is 0 Å². The Hall–Kier alpha value is -2.83. The quantitative estimate of drug-likeness (QED) is 0.179. The van der Waals surface area contributed by atoms with Gasteiger partial charge < -0.3 is 31.9 Å². The average molecular weight is 517 g/mol. The van der Waals surface area contributed by atoms with E-state index in [4.69, 9.17) is 5.73 Å². The third-order valence-electron chi connectivity index (χ3n) is 5.77. The Labute approximate surface area is 208 Å². The van der Waals surface area contributed by atoms with Gasteiger partial charge in [0.1, 0.15) is 18.1 Å². The molecule has 0 aromatic rings. The molecule has 0 saturated heterocycles. The zero-order valence-electron chi connectivity index (χ0n) is 20.2. The third-order valence-corrected chi connectivity index (χ3v) is 6.43. The lowest BCUT2D eigenvalue weighted by Crippen LogP contribution is -2.58. The van der Waals surface area contributed by atoms with Gasteiger partial charge in [0.2, 0.25) is 23.6 Å². The molecule has 198 valence electrons. The highest BCUT2D eigenvalue weighted by Gasteiger charge is 2.38. The van der Waals surface area contributed by atoms with Crippen LogP contribution in [0.25, 0.3) is 0 Å². The summed E-state index contributed by atoms with van der Waals surface area (Å²) in [6.45, 7) is 3.63. The van der Waals surface area contributed by atoms with Gasteiger partial charge in [-0.1, -0.05) is 26.7 Å². The predicted molar refractivity (Wildman–Crippen MR) is 128 cm³/mol. The van der Waals surface area contributed by atoms with Crippen LogP contribution < -0.4 is 21.7 Å². The highest BCUT2D eigenvalue weighted by Crippen LogP contribution is 2.30. The fourth-order valence-electron chi connectivity index (χ4n) is 4.01. The Morgan fingerprint density at radius 2 is 1.43 bits per heavy atom. The van der Waals surface area contributed by atoms with Crippen LogP contribution >= 0.6 is 11.8 Å². The molecular weight excluding hydrogens is 480 g/mol. The highest BCUT2D eigenvalue weighted by atomic mass is 32.2. The van der Waals surface area contributed by atoms with E-state index in [0.29, 0.717) is 25.7 Å². The molecule has 0 aromatic carbocycles. The molecule has 5 atom stereocenters. The van der Waals surface area contributed by atoms with E-state index in [1.54, 1.807) is 6.26 Å². The number of aliphatic carboxylic acids is 2. The highest BCUT2D eigenvalue weighted by molar-refractivity contribution is 7.98. The Balaban J connectivity index is 2.97. The van der Waals surface area contributed by atoms with Crippen LogP contribution in [0.1, 0.15) is 52.4 Å². The van der Waals surface area contributed by atoms with Gasteiger partial charge in [0.05, 0.1) is 18.3 Å². The van der Waals surface area contributed by atoms with E-state index in [1.165, 1.54) is 11.8 Å². The van der Waals surface area contributed by atoms with Crippen molar-refractivity contribution in [2.45, 2.75) is 70.5 Å². The first-order chi connectivity index (χ1) is 16.4. The zero-order valence-corrected chi connectivity index (χ0v) is 21.1. The van der Waals surface area contributed by atoms with E-state index in [9.17, 15) is 39.0 Å². The first-order valence-corrected chi connectivity index (χ1v) is 12.9. The fourth-order valence-corrected chi connectivity index (χ4v) is 4.58. The van der Waals surface area contributed by atoms with Gasteiger partial charge >= 0.3 is 11.9 Å². The van der Waals surface area contributed by atoms with E-state index in [-0.39, 0.29) is 18.1 Å². The van der Waals surface area contributed by atoms with Gasteiger partial charge in [-0.05, 0) is 31.4 Å². The van der Waals surface area contributed by atoms with Crippen LogP contribution in [0, 0.1) is 17.8 Å². The Morgan fingerprint density at radius 1 is 0.886 bits per heavy atom. The maximum Gasteiger partial charge on any atom is 0.307 e. The van der Waals surface area contributed by atoms with E-state index >= 15 is 0 Å². The van der Waals surface area contributed by atoms with Gasteiger partial charge in [-0.15, -0.1) is 0 Å². The molecule has 13 heteroatoms. The normalized spacial score (nSPS) is 20.2. The summed E-state index contributed by atoms with van der Waals surface area (Å²) in [5.41, 5.74) is 5.33. The molecule has 7 N–H and O–H groups in total. The molecule has 0 unspecified atom stereocenters. The Morgan fingerprint density at radius 3 is 1.91 bits per heavy atom. The Kier molecular flexibility index (Phi) is 12.5. The molecule has 0 bridgehead atoms.